The van der Waals surface area contributed by atoms with Gasteiger partial charge in [-0.3, -0.25) is 0 Å². The number of anilines is 2. The number of carboxylic acid groups (broad SMARTS) is 1. The number of nitrogens with one attached hydrogen (secondary N) is 1. The van der Waals surface area contributed by atoms with Crippen molar-refractivity contribution in [1.82, 2.24) is 0 Å². The summed E-state index contributed by atoms with van der Waals surface area (Å²) in [6, 6.07) is 12.5. The van der Waals surface area contributed by atoms with Gasteiger partial charge in [-0.05, 0) is 42.3 Å². The Morgan fingerprint density at radius 1 is 1.29 bits per heavy atom. The third kappa shape index (κ3) is 3.89. The van der Waals surface area contributed by atoms with Gasteiger partial charge in [0, 0.05) is 12.2 Å². The molecule has 5 nitrogen and oxygen atoms in total. The Bertz CT molecular complexity index is 641. The molecule has 0 fully saturated rings. The zero-order chi connectivity index (χ0) is 15.2. The molecular weight excluding hydrogens is 268 g/mol. The second kappa shape index (κ2) is 6.65. The maximum absolute atomic E-state index is 11.2. The molecular formula is C16H18N2O3. The standard InChI is InChI=1S/C16H18N2O3/c1-21-13-4-2-3-11(9-13)7-8-18-15-10-12(17)5-6-14(15)16(19)20/h2-6,9-10,18H,7-8,17H2,1H3,(H,19,20). The number of hydrogen-bond donors (Lipinski definition) is 3. The minimum atomic E-state index is -0.973. The van der Waals surface area contributed by atoms with Gasteiger partial charge >= 0.3 is 5.97 Å². The molecule has 0 aliphatic heterocycles. The Balaban J connectivity index is 2.03. The van der Waals surface area contributed by atoms with Crippen molar-refractivity contribution >= 4 is 17.3 Å². The molecule has 0 radical (unpaired) electrons. The van der Waals surface area contributed by atoms with E-state index in [0.29, 0.717) is 17.9 Å². The van der Waals surface area contributed by atoms with Gasteiger partial charge in [0.2, 0.25) is 0 Å². The Hall–Kier alpha value is -2.69. The second-order valence-electron chi connectivity index (χ2n) is 4.64. The van der Waals surface area contributed by atoms with Gasteiger partial charge in [0.05, 0.1) is 18.4 Å². The Labute approximate surface area is 123 Å². The largest absolute Gasteiger partial charge is 0.497 e. The zero-order valence-corrected chi connectivity index (χ0v) is 11.8. The van der Waals surface area contributed by atoms with Crippen LogP contribution >= 0.6 is 0 Å². The summed E-state index contributed by atoms with van der Waals surface area (Å²) in [7, 11) is 1.63. The van der Waals surface area contributed by atoms with Crippen molar-refractivity contribution in [3.05, 3.63) is 53.6 Å². The van der Waals surface area contributed by atoms with E-state index in [2.05, 4.69) is 5.32 Å². The van der Waals surface area contributed by atoms with Crippen molar-refractivity contribution in [2.45, 2.75) is 6.42 Å². The minimum absolute atomic E-state index is 0.217. The van der Waals surface area contributed by atoms with E-state index in [1.807, 2.05) is 24.3 Å². The van der Waals surface area contributed by atoms with Crippen LogP contribution in [0.5, 0.6) is 5.75 Å². The molecule has 0 aliphatic carbocycles. The van der Waals surface area contributed by atoms with Gasteiger partial charge < -0.3 is 20.9 Å². The molecule has 2 aromatic carbocycles. The Kier molecular flexibility index (Phi) is 4.66. The van der Waals surface area contributed by atoms with E-state index in [9.17, 15) is 4.79 Å². The molecule has 0 heterocycles. The first kappa shape index (κ1) is 14.7. The van der Waals surface area contributed by atoms with Crippen LogP contribution < -0.4 is 15.8 Å². The SMILES string of the molecule is COc1cccc(CCNc2cc(N)ccc2C(=O)O)c1. The lowest BCUT2D eigenvalue weighted by Crippen LogP contribution is -2.10. The van der Waals surface area contributed by atoms with Gasteiger partial charge in [0.25, 0.3) is 0 Å². The summed E-state index contributed by atoms with van der Waals surface area (Å²) in [5.74, 6) is -0.165. The fourth-order valence-corrected chi connectivity index (χ4v) is 2.06. The summed E-state index contributed by atoms with van der Waals surface area (Å²) >= 11 is 0. The van der Waals surface area contributed by atoms with E-state index in [1.165, 1.54) is 6.07 Å². The van der Waals surface area contributed by atoms with Crippen LogP contribution in [0.15, 0.2) is 42.5 Å². The summed E-state index contributed by atoms with van der Waals surface area (Å²) in [5, 5.41) is 12.3. The predicted octanol–water partition coefficient (Wildman–Crippen LogP) is 2.63. The molecule has 0 saturated carbocycles. The van der Waals surface area contributed by atoms with Gasteiger partial charge in [0.1, 0.15) is 5.75 Å². The van der Waals surface area contributed by atoms with Crippen molar-refractivity contribution in [1.29, 1.82) is 0 Å². The molecule has 0 atom stereocenters. The van der Waals surface area contributed by atoms with Crippen molar-refractivity contribution in [2.75, 3.05) is 24.7 Å². The van der Waals surface area contributed by atoms with Gasteiger partial charge in [-0.2, -0.15) is 0 Å². The number of nitrogen functional groups attached to an aromatic ring is 1. The molecule has 0 saturated heterocycles. The van der Waals surface area contributed by atoms with E-state index < -0.39 is 5.97 Å². The van der Waals surface area contributed by atoms with Crippen LogP contribution in [-0.2, 0) is 6.42 Å². The molecule has 0 aromatic heterocycles. The van der Waals surface area contributed by atoms with E-state index >= 15 is 0 Å². The summed E-state index contributed by atoms with van der Waals surface area (Å²) in [4.78, 5) is 11.2. The number of carbonyl (C=O) groups is 1. The topological polar surface area (TPSA) is 84.6 Å². The highest BCUT2D eigenvalue weighted by Crippen LogP contribution is 2.19. The van der Waals surface area contributed by atoms with Crippen molar-refractivity contribution < 1.29 is 14.6 Å². The maximum Gasteiger partial charge on any atom is 0.337 e. The lowest BCUT2D eigenvalue weighted by atomic mass is 10.1. The van der Waals surface area contributed by atoms with Crippen LogP contribution in [-0.4, -0.2) is 24.7 Å². The van der Waals surface area contributed by atoms with E-state index in [0.717, 1.165) is 17.7 Å². The summed E-state index contributed by atoms with van der Waals surface area (Å²) in [6.07, 6.45) is 0.755. The molecule has 2 rings (SSSR count). The number of hydrogen-bond acceptors (Lipinski definition) is 4. The summed E-state index contributed by atoms with van der Waals surface area (Å²) in [5.41, 5.74) is 8.09. The van der Waals surface area contributed by atoms with Crippen molar-refractivity contribution in [3.8, 4) is 5.75 Å². The molecule has 5 heteroatoms. The smallest absolute Gasteiger partial charge is 0.337 e. The first-order valence-corrected chi connectivity index (χ1v) is 6.60. The first-order valence-electron chi connectivity index (χ1n) is 6.60. The van der Waals surface area contributed by atoms with Crippen LogP contribution in [0.25, 0.3) is 0 Å². The van der Waals surface area contributed by atoms with E-state index in [4.69, 9.17) is 15.6 Å². The maximum atomic E-state index is 11.2. The van der Waals surface area contributed by atoms with Gasteiger partial charge in [0.15, 0.2) is 0 Å². The number of rotatable bonds is 6. The predicted molar refractivity (Wildman–Crippen MR) is 83.0 cm³/mol. The summed E-state index contributed by atoms with van der Waals surface area (Å²) in [6.45, 7) is 0.608. The number of ether oxygens (including phenoxy) is 1. The molecule has 2 aromatic rings. The second-order valence-corrected chi connectivity index (χ2v) is 4.64. The van der Waals surface area contributed by atoms with Gasteiger partial charge in [-0.25, -0.2) is 4.79 Å². The van der Waals surface area contributed by atoms with E-state index in [1.54, 1.807) is 19.2 Å². The number of benzene rings is 2. The molecule has 0 aliphatic rings. The van der Waals surface area contributed by atoms with E-state index in [-0.39, 0.29) is 5.56 Å². The fourth-order valence-electron chi connectivity index (χ4n) is 2.06. The van der Waals surface area contributed by atoms with Gasteiger partial charge in [-0.15, -0.1) is 0 Å². The number of carboxylic acids is 1. The summed E-state index contributed by atoms with van der Waals surface area (Å²) < 4.78 is 5.17. The molecule has 0 amide bonds. The Morgan fingerprint density at radius 2 is 2.10 bits per heavy atom. The number of methoxy groups -OCH3 is 1. The third-order valence-electron chi connectivity index (χ3n) is 3.14. The average molecular weight is 286 g/mol. The van der Waals surface area contributed by atoms with Crippen LogP contribution in [0.2, 0.25) is 0 Å². The Morgan fingerprint density at radius 3 is 2.81 bits per heavy atom. The van der Waals surface area contributed by atoms with Crippen LogP contribution in [0, 0.1) is 0 Å². The first-order chi connectivity index (χ1) is 10.1. The molecule has 0 bridgehead atoms. The highest BCUT2D eigenvalue weighted by molar-refractivity contribution is 5.95. The monoisotopic (exact) mass is 286 g/mol. The lowest BCUT2D eigenvalue weighted by molar-refractivity contribution is 0.0698. The minimum Gasteiger partial charge on any atom is -0.497 e. The lowest BCUT2D eigenvalue weighted by Gasteiger charge is -2.11. The van der Waals surface area contributed by atoms with Crippen LogP contribution in [0.3, 0.4) is 0 Å². The highest BCUT2D eigenvalue weighted by Gasteiger charge is 2.09. The van der Waals surface area contributed by atoms with Crippen molar-refractivity contribution in [2.24, 2.45) is 0 Å². The average Bonchev–Trinajstić information content (AvgIpc) is 2.47. The van der Waals surface area contributed by atoms with Crippen LogP contribution in [0.1, 0.15) is 15.9 Å². The molecule has 0 unspecified atom stereocenters. The molecule has 0 spiro atoms. The zero-order valence-electron chi connectivity index (χ0n) is 11.8. The normalized spacial score (nSPS) is 10.1. The number of nitrogens with two attached hydrogens (primary N) is 1. The third-order valence-corrected chi connectivity index (χ3v) is 3.14. The quantitative estimate of drug-likeness (QED) is 0.711. The molecule has 21 heavy (non-hydrogen) atoms. The molecule has 110 valence electrons. The molecule has 4 N–H and O–H groups in total. The number of aromatic carboxylic acids is 1. The van der Waals surface area contributed by atoms with Crippen molar-refractivity contribution in [3.63, 3.8) is 0 Å². The fraction of sp³-hybridized carbons (Fsp3) is 0.188. The highest BCUT2D eigenvalue weighted by atomic mass is 16.5. The van der Waals surface area contributed by atoms with Crippen LogP contribution in [0.4, 0.5) is 11.4 Å². The van der Waals surface area contributed by atoms with Gasteiger partial charge in [-0.1, -0.05) is 12.1 Å².